The third kappa shape index (κ3) is 6.72. The molecule has 11 heteroatoms. The second-order valence-corrected chi connectivity index (χ2v) is 17.6. The summed E-state index contributed by atoms with van der Waals surface area (Å²) in [6.45, 7) is 22.1. The van der Waals surface area contributed by atoms with Crippen molar-refractivity contribution in [2.45, 2.75) is 130 Å². The molecule has 0 spiro atoms. The van der Waals surface area contributed by atoms with Crippen LogP contribution in [0.4, 0.5) is 9.59 Å². The largest absolute Gasteiger partial charge is 0.488 e. The van der Waals surface area contributed by atoms with Gasteiger partial charge in [-0.25, -0.2) is 19.6 Å². The number of hydrogen-bond acceptors (Lipinski definition) is 7. The lowest BCUT2D eigenvalue weighted by Gasteiger charge is -2.30. The van der Waals surface area contributed by atoms with Gasteiger partial charge in [0, 0.05) is 28.6 Å². The van der Waals surface area contributed by atoms with E-state index in [9.17, 15) is 9.59 Å². The van der Waals surface area contributed by atoms with E-state index in [1.54, 1.807) is 0 Å². The summed E-state index contributed by atoms with van der Waals surface area (Å²) in [5.41, 5.74) is 7.29. The van der Waals surface area contributed by atoms with E-state index in [0.29, 0.717) is 6.61 Å². The van der Waals surface area contributed by atoms with Gasteiger partial charge in [0.05, 0.1) is 34.5 Å². The summed E-state index contributed by atoms with van der Waals surface area (Å²) in [7, 11) is 0. The monoisotopic (exact) mass is 744 g/mol. The Bertz CT molecular complexity index is 2360. The Labute approximate surface area is 322 Å². The molecule has 5 aromatic rings. The quantitative estimate of drug-likeness (QED) is 0.188. The van der Waals surface area contributed by atoms with Crippen molar-refractivity contribution in [2.24, 2.45) is 0 Å². The van der Waals surface area contributed by atoms with Crippen LogP contribution in [0.15, 0.2) is 49.0 Å². The van der Waals surface area contributed by atoms with Crippen LogP contribution in [0.1, 0.15) is 123 Å². The molecule has 0 unspecified atom stereocenters. The third-order valence-electron chi connectivity index (χ3n) is 11.0. The first-order chi connectivity index (χ1) is 26.0. The maximum Gasteiger partial charge on any atom is 0.411 e. The third-order valence-corrected chi connectivity index (χ3v) is 11.0. The topological polar surface area (TPSA) is 126 Å². The number of nitrogens with zero attached hydrogens (tertiary/aromatic N) is 4. The van der Waals surface area contributed by atoms with E-state index >= 15 is 0 Å². The van der Waals surface area contributed by atoms with E-state index in [1.165, 1.54) is 0 Å². The molecule has 0 saturated carbocycles. The van der Waals surface area contributed by atoms with E-state index in [-0.39, 0.29) is 36.4 Å². The average molecular weight is 745 g/mol. The van der Waals surface area contributed by atoms with Gasteiger partial charge in [0.2, 0.25) is 0 Å². The van der Waals surface area contributed by atoms with Crippen LogP contribution < -0.4 is 4.74 Å². The molecule has 0 radical (unpaired) electrons. The summed E-state index contributed by atoms with van der Waals surface area (Å²) in [6.07, 6.45) is 2.72. The van der Waals surface area contributed by atoms with Gasteiger partial charge in [-0.3, -0.25) is 9.80 Å². The zero-order valence-electron chi connectivity index (χ0n) is 33.4. The number of aromatic nitrogens is 4. The first-order valence-electron chi connectivity index (χ1n) is 19.5. The zero-order valence-corrected chi connectivity index (χ0v) is 33.4. The molecule has 0 aliphatic carbocycles. The Morgan fingerprint density at radius 3 is 2.02 bits per heavy atom. The number of H-pyrrole nitrogens is 2. The fraction of sp³-hybridized carbons (Fsp3) is 0.455. The van der Waals surface area contributed by atoms with Crippen molar-refractivity contribution in [3.8, 4) is 28.1 Å². The molecule has 8 rings (SSSR count). The number of hydrogen-bond donors (Lipinski definition) is 2. The van der Waals surface area contributed by atoms with Gasteiger partial charge in [-0.1, -0.05) is 24.8 Å². The van der Waals surface area contributed by atoms with Crippen molar-refractivity contribution in [1.82, 2.24) is 29.7 Å². The molecule has 4 atom stereocenters. The average Bonchev–Trinajstić information content (AvgIpc) is 3.90. The van der Waals surface area contributed by atoms with Crippen molar-refractivity contribution in [1.29, 1.82) is 0 Å². The maximum atomic E-state index is 13.3. The minimum Gasteiger partial charge on any atom is -0.488 e. The smallest absolute Gasteiger partial charge is 0.411 e. The molecule has 5 heterocycles. The Balaban J connectivity index is 1.11. The Kier molecular flexibility index (Phi) is 8.77. The number of benzene rings is 3. The molecule has 2 aromatic heterocycles. The molecule has 2 amide bonds. The molecule has 3 aliphatic heterocycles. The fourth-order valence-electron chi connectivity index (χ4n) is 8.44. The van der Waals surface area contributed by atoms with Crippen molar-refractivity contribution < 1.29 is 23.8 Å². The molecule has 288 valence electrons. The molecular weight excluding hydrogens is 693 g/mol. The summed E-state index contributed by atoms with van der Waals surface area (Å²) < 4.78 is 18.0. The number of ether oxygens (including phenoxy) is 3. The first-order valence-corrected chi connectivity index (χ1v) is 19.5. The van der Waals surface area contributed by atoms with Crippen molar-refractivity contribution >= 4 is 39.6 Å². The standard InChI is InChI=1S/C44H52N6O5/c1-23(2)36-37(47-40(46-36)34-18-12-25(4)50(34)42(52)55-44(8,9)10)27-13-15-29-28(19-27)22-53-35-21-30-26(20-31(29)35)14-16-32-38(30)48-39(45-32)33-17-11-24(3)49(33)41(51)54-43(5,6)7/h13-16,19-21,24-25,33-34H,1,11-12,17-18,22H2,2-10H3,(H,45,48)(H,46,47)/t24-,25-,33-,34-/m0/s1. The summed E-state index contributed by atoms with van der Waals surface area (Å²) in [4.78, 5) is 47.4. The second kappa shape index (κ2) is 13.2. The van der Waals surface area contributed by atoms with Gasteiger partial charge in [0.15, 0.2) is 0 Å². The van der Waals surface area contributed by atoms with Gasteiger partial charge in [-0.15, -0.1) is 0 Å². The highest BCUT2D eigenvalue weighted by molar-refractivity contribution is 6.07. The second-order valence-electron chi connectivity index (χ2n) is 17.6. The van der Waals surface area contributed by atoms with Crippen LogP contribution in [0.3, 0.4) is 0 Å². The van der Waals surface area contributed by atoms with E-state index in [1.807, 2.05) is 64.3 Å². The highest BCUT2D eigenvalue weighted by atomic mass is 16.6. The normalized spacial score (nSPS) is 21.1. The minimum atomic E-state index is -0.590. The van der Waals surface area contributed by atoms with Gasteiger partial charge in [-0.05, 0) is 134 Å². The summed E-state index contributed by atoms with van der Waals surface area (Å²) in [6, 6.07) is 14.6. The van der Waals surface area contributed by atoms with E-state index in [0.717, 1.165) is 104 Å². The van der Waals surface area contributed by atoms with E-state index < -0.39 is 11.2 Å². The Morgan fingerprint density at radius 1 is 0.800 bits per heavy atom. The number of fused-ring (bicyclic) bond motifs is 6. The lowest BCUT2D eigenvalue weighted by Crippen LogP contribution is -2.40. The molecule has 2 N–H and O–H groups in total. The predicted octanol–water partition coefficient (Wildman–Crippen LogP) is 10.6. The highest BCUT2D eigenvalue weighted by Gasteiger charge is 2.41. The van der Waals surface area contributed by atoms with Crippen LogP contribution in [0.25, 0.3) is 49.8 Å². The number of aromatic amines is 2. The lowest BCUT2D eigenvalue weighted by atomic mass is 9.92. The van der Waals surface area contributed by atoms with Gasteiger partial charge >= 0.3 is 12.2 Å². The SMILES string of the molecule is C=C(C)c1nc([C@@H]2CC[C@H](C)N2C(=O)OC(C)(C)C)[nH]c1-c1ccc2c(c1)COc1cc3c(ccc4nc([C@@H]5CC[C@H](C)N5C(=O)OC(C)(C)C)[nH]c43)cc1-2. The van der Waals surface area contributed by atoms with Crippen molar-refractivity contribution in [2.75, 3.05) is 0 Å². The number of likely N-dealkylation sites (tertiary alicyclic amines) is 2. The molecule has 2 fully saturated rings. The number of carbonyl (C=O) groups is 2. The zero-order chi connectivity index (χ0) is 39.1. The van der Waals surface area contributed by atoms with Gasteiger partial charge in [-0.2, -0.15) is 0 Å². The fourth-order valence-corrected chi connectivity index (χ4v) is 8.44. The van der Waals surface area contributed by atoms with Gasteiger partial charge in [0.25, 0.3) is 0 Å². The van der Waals surface area contributed by atoms with Crippen LogP contribution in [0.5, 0.6) is 5.75 Å². The van der Waals surface area contributed by atoms with Crippen molar-refractivity contribution in [3.63, 3.8) is 0 Å². The van der Waals surface area contributed by atoms with Crippen LogP contribution >= 0.6 is 0 Å². The lowest BCUT2D eigenvalue weighted by molar-refractivity contribution is 0.0141. The van der Waals surface area contributed by atoms with Gasteiger partial charge in [0.1, 0.15) is 35.2 Å². The molecule has 3 aliphatic rings. The highest BCUT2D eigenvalue weighted by Crippen LogP contribution is 2.45. The summed E-state index contributed by atoms with van der Waals surface area (Å²) >= 11 is 0. The predicted molar refractivity (Wildman–Crippen MR) is 215 cm³/mol. The Morgan fingerprint density at radius 2 is 1.42 bits per heavy atom. The molecule has 55 heavy (non-hydrogen) atoms. The Hall–Kier alpha value is -5.32. The van der Waals surface area contributed by atoms with Crippen LogP contribution in [0.2, 0.25) is 0 Å². The van der Waals surface area contributed by atoms with Gasteiger partial charge < -0.3 is 24.2 Å². The molecule has 3 aromatic carbocycles. The van der Waals surface area contributed by atoms with Crippen molar-refractivity contribution in [3.05, 3.63) is 71.9 Å². The molecule has 11 nitrogen and oxygen atoms in total. The summed E-state index contributed by atoms with van der Waals surface area (Å²) in [5.74, 6) is 2.32. The number of rotatable bonds is 4. The van der Waals surface area contributed by atoms with E-state index in [4.69, 9.17) is 24.2 Å². The number of allylic oxidation sites excluding steroid dienone is 1. The number of nitrogens with one attached hydrogen (secondary N) is 2. The number of imidazole rings is 2. The van der Waals surface area contributed by atoms with E-state index in [2.05, 4.69) is 66.8 Å². The van der Waals surface area contributed by atoms with Crippen LogP contribution in [0, 0.1) is 0 Å². The summed E-state index contributed by atoms with van der Waals surface area (Å²) in [5, 5.41) is 2.08. The number of amides is 2. The van der Waals surface area contributed by atoms with Crippen LogP contribution in [-0.2, 0) is 16.1 Å². The molecular formula is C44H52N6O5. The van der Waals surface area contributed by atoms with Crippen LogP contribution in [-0.4, -0.2) is 65.2 Å². The number of carbonyl (C=O) groups excluding carboxylic acids is 2. The maximum absolute atomic E-state index is 13.3. The minimum absolute atomic E-state index is 0.0378. The molecule has 2 saturated heterocycles. The molecule has 0 bridgehead atoms. The first kappa shape index (κ1) is 36.6.